The van der Waals surface area contributed by atoms with Crippen LogP contribution in [0.5, 0.6) is 0 Å². The summed E-state index contributed by atoms with van der Waals surface area (Å²) < 4.78 is 1.01. The first-order valence-corrected chi connectivity index (χ1v) is 8.91. The second-order valence-corrected chi connectivity index (χ2v) is 6.74. The molecule has 1 amide bonds. The maximum Gasteiger partial charge on any atom is 0.227 e. The van der Waals surface area contributed by atoms with Crippen molar-refractivity contribution in [2.75, 3.05) is 6.54 Å². The van der Waals surface area contributed by atoms with Crippen molar-refractivity contribution in [2.24, 2.45) is 0 Å². The summed E-state index contributed by atoms with van der Waals surface area (Å²) in [5.41, 5.74) is 2.93. The maximum atomic E-state index is 12.7. The van der Waals surface area contributed by atoms with Gasteiger partial charge in [-0.25, -0.2) is 4.98 Å². The highest BCUT2D eigenvalue weighted by molar-refractivity contribution is 9.10. The molecule has 0 fully saturated rings. The molecular weight excluding hydrogens is 366 g/mol. The second-order valence-electron chi connectivity index (χ2n) is 5.82. The van der Waals surface area contributed by atoms with E-state index < -0.39 is 0 Å². The normalized spacial score (nSPS) is 10.9. The van der Waals surface area contributed by atoms with Gasteiger partial charge in [-0.15, -0.1) is 0 Å². The third-order valence-electron chi connectivity index (χ3n) is 3.88. The molecule has 0 aliphatic rings. The fourth-order valence-electron chi connectivity index (χ4n) is 2.73. The van der Waals surface area contributed by atoms with Gasteiger partial charge < -0.3 is 9.88 Å². The third-order valence-corrected chi connectivity index (χ3v) is 4.37. The van der Waals surface area contributed by atoms with Crippen molar-refractivity contribution >= 4 is 32.9 Å². The molecule has 1 aromatic heterocycles. The van der Waals surface area contributed by atoms with Gasteiger partial charge in [0.1, 0.15) is 5.82 Å². The number of H-pyrrole nitrogens is 1. The highest BCUT2D eigenvalue weighted by Crippen LogP contribution is 2.18. The summed E-state index contributed by atoms with van der Waals surface area (Å²) in [7, 11) is 0. The van der Waals surface area contributed by atoms with Crippen LogP contribution in [0.25, 0.3) is 11.0 Å². The van der Waals surface area contributed by atoms with Gasteiger partial charge in [-0.2, -0.15) is 0 Å². The predicted molar refractivity (Wildman–Crippen MR) is 99.6 cm³/mol. The van der Waals surface area contributed by atoms with Crippen LogP contribution in [0.3, 0.4) is 0 Å². The number of nitrogens with one attached hydrogen (secondary N) is 1. The molecule has 0 radical (unpaired) electrons. The second kappa shape index (κ2) is 7.62. The van der Waals surface area contributed by atoms with Crippen molar-refractivity contribution in [3.8, 4) is 0 Å². The van der Waals surface area contributed by atoms with Crippen molar-refractivity contribution in [2.45, 2.75) is 26.3 Å². The summed E-state index contributed by atoms with van der Waals surface area (Å²) in [6, 6.07) is 15.8. The van der Waals surface area contributed by atoms with Crippen LogP contribution in [0, 0.1) is 0 Å². The number of aromatic nitrogens is 2. The summed E-state index contributed by atoms with van der Waals surface area (Å²) >= 11 is 3.47. The molecule has 0 atom stereocenters. The van der Waals surface area contributed by atoms with Crippen molar-refractivity contribution < 1.29 is 4.79 Å². The lowest BCUT2D eigenvalue weighted by molar-refractivity contribution is -0.131. The molecule has 3 aromatic rings. The van der Waals surface area contributed by atoms with E-state index in [0.29, 0.717) is 13.0 Å². The Morgan fingerprint density at radius 3 is 2.75 bits per heavy atom. The van der Waals surface area contributed by atoms with Crippen molar-refractivity contribution in [3.05, 3.63) is 64.4 Å². The molecule has 1 N–H and O–H groups in total. The molecule has 2 aromatic carbocycles. The Morgan fingerprint density at radius 1 is 1.21 bits per heavy atom. The Bertz CT molecular complexity index is 829. The summed E-state index contributed by atoms with van der Waals surface area (Å²) in [6.45, 7) is 3.32. The zero-order valence-electron chi connectivity index (χ0n) is 13.6. The molecule has 124 valence electrons. The van der Waals surface area contributed by atoms with Crippen molar-refractivity contribution in [3.63, 3.8) is 0 Å². The molecule has 5 heteroatoms. The number of fused-ring (bicyclic) bond motifs is 1. The third kappa shape index (κ3) is 4.03. The number of aromatic amines is 1. The lowest BCUT2D eigenvalue weighted by Crippen LogP contribution is -2.33. The van der Waals surface area contributed by atoms with Gasteiger partial charge in [-0.3, -0.25) is 4.79 Å². The molecule has 3 rings (SSSR count). The number of rotatable bonds is 6. The smallest absolute Gasteiger partial charge is 0.227 e. The molecule has 0 unspecified atom stereocenters. The van der Waals surface area contributed by atoms with Crippen LogP contribution in [-0.2, 0) is 17.8 Å². The Labute approximate surface area is 150 Å². The monoisotopic (exact) mass is 385 g/mol. The van der Waals surface area contributed by atoms with Gasteiger partial charge in [-0.1, -0.05) is 53.2 Å². The van der Waals surface area contributed by atoms with E-state index in [1.165, 1.54) is 0 Å². The SMILES string of the molecule is CCCN(Cc1nc2ccc(Br)cc2[nH]1)C(=O)Cc1ccccc1. The van der Waals surface area contributed by atoms with E-state index in [2.05, 4.69) is 32.8 Å². The highest BCUT2D eigenvalue weighted by Gasteiger charge is 2.15. The van der Waals surface area contributed by atoms with Gasteiger partial charge in [0, 0.05) is 11.0 Å². The first kappa shape index (κ1) is 16.7. The minimum absolute atomic E-state index is 0.129. The molecule has 1 heterocycles. The van der Waals surface area contributed by atoms with Gasteiger partial charge in [0.2, 0.25) is 5.91 Å². The largest absolute Gasteiger partial charge is 0.340 e. The Morgan fingerprint density at radius 2 is 2.00 bits per heavy atom. The van der Waals surface area contributed by atoms with Crippen molar-refractivity contribution in [1.82, 2.24) is 14.9 Å². The molecule has 0 aliphatic heterocycles. The fourth-order valence-corrected chi connectivity index (χ4v) is 3.10. The Balaban J connectivity index is 1.75. The number of halogens is 1. The summed E-state index contributed by atoms with van der Waals surface area (Å²) in [5, 5.41) is 0. The molecule has 0 aliphatic carbocycles. The van der Waals surface area contributed by atoms with Crippen LogP contribution in [0.2, 0.25) is 0 Å². The number of nitrogens with zero attached hydrogens (tertiary/aromatic N) is 2. The first-order chi connectivity index (χ1) is 11.7. The number of benzene rings is 2. The van der Waals surface area contributed by atoms with Crippen LogP contribution in [0.1, 0.15) is 24.7 Å². The van der Waals surface area contributed by atoms with E-state index in [0.717, 1.165) is 39.9 Å². The van der Waals surface area contributed by atoms with Crippen LogP contribution in [-0.4, -0.2) is 27.3 Å². The van der Waals surface area contributed by atoms with E-state index in [4.69, 9.17) is 0 Å². The molecular formula is C19H20BrN3O. The number of amides is 1. The van der Waals surface area contributed by atoms with Crippen LogP contribution < -0.4 is 0 Å². The number of hydrogen-bond donors (Lipinski definition) is 1. The van der Waals surface area contributed by atoms with Gasteiger partial charge >= 0.3 is 0 Å². The van der Waals surface area contributed by atoms with Crippen LogP contribution in [0.4, 0.5) is 0 Å². The van der Waals surface area contributed by atoms with Gasteiger partial charge in [0.15, 0.2) is 0 Å². The van der Waals surface area contributed by atoms with Gasteiger partial charge in [0.05, 0.1) is 24.0 Å². The lowest BCUT2D eigenvalue weighted by atomic mass is 10.1. The standard InChI is InChI=1S/C19H20BrN3O/c1-2-10-23(19(24)11-14-6-4-3-5-7-14)13-18-21-16-9-8-15(20)12-17(16)22-18/h3-9,12H,2,10-11,13H2,1H3,(H,21,22). The van der Waals surface area contributed by atoms with Crippen LogP contribution >= 0.6 is 15.9 Å². The number of imidazole rings is 1. The maximum absolute atomic E-state index is 12.7. The van der Waals surface area contributed by atoms with E-state index in [-0.39, 0.29) is 5.91 Å². The van der Waals surface area contributed by atoms with E-state index >= 15 is 0 Å². The summed E-state index contributed by atoms with van der Waals surface area (Å²) in [6.07, 6.45) is 1.35. The molecule has 24 heavy (non-hydrogen) atoms. The predicted octanol–water partition coefficient (Wildman–Crippen LogP) is 4.31. The zero-order valence-corrected chi connectivity index (χ0v) is 15.2. The molecule has 0 saturated heterocycles. The first-order valence-electron chi connectivity index (χ1n) is 8.11. The number of carbonyl (C=O) groups is 1. The minimum atomic E-state index is 0.129. The van der Waals surface area contributed by atoms with Gasteiger partial charge in [0.25, 0.3) is 0 Å². The average Bonchev–Trinajstić information content (AvgIpc) is 2.97. The van der Waals surface area contributed by atoms with E-state index in [9.17, 15) is 4.79 Å². The van der Waals surface area contributed by atoms with E-state index in [1.54, 1.807) is 0 Å². The average molecular weight is 386 g/mol. The zero-order chi connectivity index (χ0) is 16.9. The summed E-state index contributed by atoms with van der Waals surface area (Å²) in [4.78, 5) is 22.4. The Kier molecular flexibility index (Phi) is 5.30. The van der Waals surface area contributed by atoms with E-state index in [1.807, 2.05) is 53.4 Å². The number of hydrogen-bond acceptors (Lipinski definition) is 2. The molecule has 0 spiro atoms. The molecule has 4 nitrogen and oxygen atoms in total. The lowest BCUT2D eigenvalue weighted by Gasteiger charge is -2.21. The quantitative estimate of drug-likeness (QED) is 0.687. The summed E-state index contributed by atoms with van der Waals surface area (Å²) in [5.74, 6) is 0.947. The minimum Gasteiger partial charge on any atom is -0.340 e. The molecule has 0 bridgehead atoms. The molecule has 0 saturated carbocycles. The topological polar surface area (TPSA) is 49.0 Å². The fraction of sp³-hybridized carbons (Fsp3) is 0.263. The highest BCUT2D eigenvalue weighted by atomic mass is 79.9. The number of carbonyl (C=O) groups excluding carboxylic acids is 1. The Hall–Kier alpha value is -2.14. The van der Waals surface area contributed by atoms with Crippen LogP contribution in [0.15, 0.2) is 53.0 Å². The van der Waals surface area contributed by atoms with Gasteiger partial charge in [-0.05, 0) is 30.2 Å². The van der Waals surface area contributed by atoms with Crippen molar-refractivity contribution in [1.29, 1.82) is 0 Å².